The summed E-state index contributed by atoms with van der Waals surface area (Å²) >= 11 is 0. The predicted octanol–water partition coefficient (Wildman–Crippen LogP) is 3.64. The van der Waals surface area contributed by atoms with Crippen LogP contribution in [0.2, 0.25) is 0 Å². The molecule has 0 bridgehead atoms. The molecule has 2 amide bonds. The predicted molar refractivity (Wildman–Crippen MR) is 125 cm³/mol. The van der Waals surface area contributed by atoms with Crippen molar-refractivity contribution in [2.75, 3.05) is 33.3 Å². The molecule has 0 aromatic heterocycles. The fraction of sp³-hybridized carbons (Fsp3) is 0.462. The van der Waals surface area contributed by atoms with Crippen LogP contribution in [-0.4, -0.2) is 60.9 Å². The monoisotopic (exact) mass is 435 g/mol. The Morgan fingerprint density at radius 1 is 0.969 bits per heavy atom. The fourth-order valence-corrected chi connectivity index (χ4v) is 4.86. The molecule has 0 saturated carbocycles. The lowest BCUT2D eigenvalue weighted by atomic mass is 10.0. The summed E-state index contributed by atoms with van der Waals surface area (Å²) < 4.78 is 5.31. The van der Waals surface area contributed by atoms with Gasteiger partial charge in [0.15, 0.2) is 0 Å². The van der Waals surface area contributed by atoms with Crippen LogP contribution in [-0.2, 0) is 4.79 Å². The first-order chi connectivity index (χ1) is 15.7. The van der Waals surface area contributed by atoms with Crippen molar-refractivity contribution in [3.63, 3.8) is 0 Å². The smallest absolute Gasteiger partial charge is 0.254 e. The lowest BCUT2D eigenvalue weighted by molar-refractivity contribution is -0.125. The van der Waals surface area contributed by atoms with Crippen LogP contribution in [0.3, 0.4) is 0 Å². The lowest BCUT2D eigenvalue weighted by Gasteiger charge is -2.35. The first kappa shape index (κ1) is 22.3. The van der Waals surface area contributed by atoms with E-state index in [4.69, 9.17) is 4.74 Å². The van der Waals surface area contributed by atoms with Crippen molar-refractivity contribution in [2.24, 2.45) is 0 Å². The number of amides is 2. The van der Waals surface area contributed by atoms with Crippen LogP contribution in [0.5, 0.6) is 5.75 Å². The number of hydrogen-bond acceptors (Lipinski definition) is 4. The van der Waals surface area contributed by atoms with E-state index < -0.39 is 6.04 Å². The number of ether oxygens (including phenoxy) is 1. The molecule has 2 fully saturated rings. The van der Waals surface area contributed by atoms with E-state index >= 15 is 0 Å². The third-order valence-electron chi connectivity index (χ3n) is 6.64. The summed E-state index contributed by atoms with van der Waals surface area (Å²) in [6.07, 6.45) is 5.19. The Morgan fingerprint density at radius 2 is 1.69 bits per heavy atom. The molecule has 2 aromatic carbocycles. The van der Waals surface area contributed by atoms with E-state index in [1.807, 2.05) is 42.5 Å². The number of hydrogen-bond donors (Lipinski definition) is 1. The first-order valence-electron chi connectivity index (χ1n) is 11.7. The molecular weight excluding hydrogens is 402 g/mol. The average molecular weight is 436 g/mol. The largest absolute Gasteiger partial charge is 0.497 e. The van der Waals surface area contributed by atoms with Gasteiger partial charge in [0.05, 0.1) is 13.2 Å². The highest BCUT2D eigenvalue weighted by Crippen LogP contribution is 2.26. The summed E-state index contributed by atoms with van der Waals surface area (Å²) in [4.78, 5) is 30.3. The molecule has 1 N–H and O–H groups in total. The van der Waals surface area contributed by atoms with Crippen LogP contribution in [0, 0.1) is 0 Å². The molecule has 6 nitrogen and oxygen atoms in total. The van der Waals surface area contributed by atoms with Crippen molar-refractivity contribution in [3.05, 3.63) is 65.7 Å². The Hall–Kier alpha value is -2.86. The van der Waals surface area contributed by atoms with Gasteiger partial charge in [-0.2, -0.15) is 0 Å². The average Bonchev–Trinajstić information content (AvgIpc) is 3.35. The highest BCUT2D eigenvalue weighted by molar-refractivity contribution is 5.97. The third-order valence-corrected chi connectivity index (χ3v) is 6.64. The molecule has 2 aliphatic rings. The van der Waals surface area contributed by atoms with Crippen LogP contribution in [0.4, 0.5) is 0 Å². The Kier molecular flexibility index (Phi) is 7.43. The maximum Gasteiger partial charge on any atom is 0.254 e. The van der Waals surface area contributed by atoms with Crippen LogP contribution >= 0.6 is 0 Å². The number of likely N-dealkylation sites (tertiary alicyclic amines) is 2. The number of rotatable bonds is 7. The molecule has 170 valence electrons. The molecular formula is C26H33N3O3. The van der Waals surface area contributed by atoms with Crippen molar-refractivity contribution in [1.29, 1.82) is 0 Å². The van der Waals surface area contributed by atoms with Crippen molar-refractivity contribution in [3.8, 4) is 5.75 Å². The van der Waals surface area contributed by atoms with Crippen LogP contribution in [0.15, 0.2) is 54.6 Å². The molecule has 0 aliphatic carbocycles. The number of nitrogens with one attached hydrogen (secondary N) is 1. The van der Waals surface area contributed by atoms with Gasteiger partial charge in [0.2, 0.25) is 5.91 Å². The van der Waals surface area contributed by atoms with E-state index in [0.717, 1.165) is 25.3 Å². The second kappa shape index (κ2) is 10.6. The van der Waals surface area contributed by atoms with Gasteiger partial charge in [-0.15, -0.1) is 0 Å². The Morgan fingerprint density at radius 3 is 2.38 bits per heavy atom. The Balaban J connectivity index is 1.44. The minimum Gasteiger partial charge on any atom is -0.497 e. The summed E-state index contributed by atoms with van der Waals surface area (Å²) in [6.45, 7) is 3.23. The van der Waals surface area contributed by atoms with Gasteiger partial charge in [0.25, 0.3) is 5.91 Å². The van der Waals surface area contributed by atoms with Gasteiger partial charge in [-0.05, 0) is 68.6 Å². The summed E-state index contributed by atoms with van der Waals surface area (Å²) in [5, 5.41) is 3.18. The topological polar surface area (TPSA) is 61.9 Å². The number of benzene rings is 2. The molecule has 2 unspecified atom stereocenters. The number of carbonyl (C=O) groups is 2. The number of carbonyl (C=O) groups excluding carboxylic acids is 2. The number of methoxy groups -OCH3 is 1. The molecule has 0 spiro atoms. The SMILES string of the molecule is COc1ccc(C(CNC(=O)C2CCCN2C(=O)c2ccccc2)N2CCCCC2)cc1. The van der Waals surface area contributed by atoms with Gasteiger partial charge in [-0.25, -0.2) is 0 Å². The zero-order valence-corrected chi connectivity index (χ0v) is 18.8. The summed E-state index contributed by atoms with van der Waals surface area (Å²) in [7, 11) is 1.67. The molecule has 6 heteroatoms. The highest BCUT2D eigenvalue weighted by atomic mass is 16.5. The van der Waals surface area contributed by atoms with Gasteiger partial charge >= 0.3 is 0 Å². The van der Waals surface area contributed by atoms with Crippen molar-refractivity contribution in [1.82, 2.24) is 15.1 Å². The van der Waals surface area contributed by atoms with Crippen molar-refractivity contribution in [2.45, 2.75) is 44.2 Å². The first-order valence-corrected chi connectivity index (χ1v) is 11.7. The molecule has 4 rings (SSSR count). The second-order valence-corrected chi connectivity index (χ2v) is 8.65. The van der Waals surface area contributed by atoms with E-state index in [1.54, 1.807) is 12.0 Å². The fourth-order valence-electron chi connectivity index (χ4n) is 4.86. The molecule has 2 heterocycles. The summed E-state index contributed by atoms with van der Waals surface area (Å²) in [5.41, 5.74) is 1.81. The molecule has 2 saturated heterocycles. The van der Waals surface area contributed by atoms with Gasteiger partial charge in [0.1, 0.15) is 11.8 Å². The molecule has 2 aliphatic heterocycles. The standard InChI is InChI=1S/C26H33N3O3/c1-32-22-14-12-20(13-15-22)24(28-16-6-3-7-17-28)19-27-25(30)23-11-8-18-29(23)26(31)21-9-4-2-5-10-21/h2,4-5,9-10,12-15,23-24H,3,6-8,11,16-19H2,1H3,(H,27,30). The van der Waals surface area contributed by atoms with Gasteiger partial charge in [-0.1, -0.05) is 36.8 Å². The molecule has 2 atom stereocenters. The van der Waals surface area contributed by atoms with E-state index in [1.165, 1.54) is 24.8 Å². The lowest BCUT2D eigenvalue weighted by Crippen LogP contribution is -2.48. The van der Waals surface area contributed by atoms with Crippen LogP contribution in [0.1, 0.15) is 54.1 Å². The highest BCUT2D eigenvalue weighted by Gasteiger charge is 2.35. The Labute approximate surface area is 190 Å². The van der Waals surface area contributed by atoms with Gasteiger partial charge < -0.3 is 15.0 Å². The van der Waals surface area contributed by atoms with Gasteiger partial charge in [-0.3, -0.25) is 14.5 Å². The molecule has 0 radical (unpaired) electrons. The summed E-state index contributed by atoms with van der Waals surface area (Å²) in [6, 6.07) is 17.1. The number of piperidine rings is 1. The normalized spacial score (nSPS) is 20.0. The van der Waals surface area contributed by atoms with E-state index in [-0.39, 0.29) is 17.9 Å². The van der Waals surface area contributed by atoms with Crippen molar-refractivity contribution < 1.29 is 14.3 Å². The van der Waals surface area contributed by atoms with Gasteiger partial charge in [0, 0.05) is 18.7 Å². The third kappa shape index (κ3) is 5.13. The van der Waals surface area contributed by atoms with Crippen molar-refractivity contribution >= 4 is 11.8 Å². The molecule has 2 aromatic rings. The minimum absolute atomic E-state index is 0.0534. The van der Waals surface area contributed by atoms with E-state index in [0.29, 0.717) is 25.1 Å². The Bertz CT molecular complexity index is 894. The summed E-state index contributed by atoms with van der Waals surface area (Å²) in [5.74, 6) is 0.712. The maximum atomic E-state index is 13.2. The maximum absolute atomic E-state index is 13.2. The van der Waals surface area contributed by atoms with E-state index in [2.05, 4.69) is 22.3 Å². The van der Waals surface area contributed by atoms with Crippen LogP contribution in [0.25, 0.3) is 0 Å². The van der Waals surface area contributed by atoms with E-state index in [9.17, 15) is 9.59 Å². The molecule has 32 heavy (non-hydrogen) atoms. The van der Waals surface area contributed by atoms with Crippen LogP contribution < -0.4 is 10.1 Å². The zero-order valence-electron chi connectivity index (χ0n) is 18.8. The second-order valence-electron chi connectivity index (χ2n) is 8.65. The number of nitrogens with zero attached hydrogens (tertiary/aromatic N) is 2. The zero-order chi connectivity index (χ0) is 22.3. The minimum atomic E-state index is -0.402. The quantitative estimate of drug-likeness (QED) is 0.721.